The van der Waals surface area contributed by atoms with Gasteiger partial charge in [-0.25, -0.2) is 15.0 Å². The van der Waals surface area contributed by atoms with E-state index in [-0.39, 0.29) is 5.82 Å². The summed E-state index contributed by atoms with van der Waals surface area (Å²) in [7, 11) is 0. The van der Waals surface area contributed by atoms with E-state index in [2.05, 4.69) is 15.0 Å². The first-order valence-electron chi connectivity index (χ1n) is 9.19. The van der Waals surface area contributed by atoms with Gasteiger partial charge < -0.3 is 25.8 Å². The fraction of sp³-hybridized carbons (Fsp3) is 0.250. The highest BCUT2D eigenvalue weighted by Gasteiger charge is 2.45. The number of aliphatic hydroxyl groups is 3. The molecular weight excluding hydrogens is 374 g/mol. The van der Waals surface area contributed by atoms with E-state index in [1.54, 1.807) is 4.57 Å². The van der Waals surface area contributed by atoms with Gasteiger partial charge in [0, 0.05) is 5.56 Å². The van der Waals surface area contributed by atoms with Gasteiger partial charge in [0.1, 0.15) is 30.5 Å². The largest absolute Gasteiger partial charge is 0.394 e. The summed E-state index contributed by atoms with van der Waals surface area (Å²) in [6.07, 6.45) is -3.15. The lowest BCUT2D eigenvalue weighted by atomic mass is 10.0. The van der Waals surface area contributed by atoms with Crippen LogP contribution in [0.15, 0.2) is 48.8 Å². The van der Waals surface area contributed by atoms with Gasteiger partial charge in [0.05, 0.1) is 6.61 Å². The highest BCUT2D eigenvalue weighted by atomic mass is 16.6. The molecule has 9 nitrogen and oxygen atoms in total. The molecule has 0 aliphatic carbocycles. The number of ether oxygens (including phenoxy) is 1. The Morgan fingerprint density at radius 1 is 1.03 bits per heavy atom. The lowest BCUT2D eigenvalue weighted by Gasteiger charge is -2.20. The predicted molar refractivity (Wildman–Crippen MR) is 106 cm³/mol. The molecule has 1 aliphatic heterocycles. The van der Waals surface area contributed by atoms with Crippen molar-refractivity contribution < 1.29 is 20.1 Å². The lowest BCUT2D eigenvalue weighted by Crippen LogP contribution is -2.33. The van der Waals surface area contributed by atoms with Crippen LogP contribution in [-0.4, -0.2) is 59.8 Å². The van der Waals surface area contributed by atoms with Gasteiger partial charge >= 0.3 is 0 Å². The number of fused-ring (bicyclic) bond motifs is 2. The second-order valence-corrected chi connectivity index (χ2v) is 6.99. The molecule has 5 rings (SSSR count). The van der Waals surface area contributed by atoms with E-state index in [0.717, 1.165) is 16.3 Å². The number of imidazole rings is 1. The quantitative estimate of drug-likeness (QED) is 0.401. The number of hydrogen-bond acceptors (Lipinski definition) is 8. The van der Waals surface area contributed by atoms with Gasteiger partial charge in [0.15, 0.2) is 23.2 Å². The third-order valence-electron chi connectivity index (χ3n) is 5.31. The summed E-state index contributed by atoms with van der Waals surface area (Å²) >= 11 is 0. The first-order valence-corrected chi connectivity index (χ1v) is 9.19. The molecule has 1 fully saturated rings. The Hall–Kier alpha value is -3.11. The molecule has 0 saturated carbocycles. The standard InChI is InChI=1S/C20H19N5O4/c21-17-14-19(23-9-22-17)25(20-16(28)15(27)13(8-26)29-20)18(24-14)12-7-3-5-10-4-1-2-6-11(10)12/h1-7,9,13,15-16,20,26-28H,8H2,(H2,21,22,23)/t13-,15-,16-,20-/m1/s1. The summed E-state index contributed by atoms with van der Waals surface area (Å²) < 4.78 is 7.38. The SMILES string of the molecule is Nc1ncnc2c1nc(-c1cccc3ccccc13)n2[C@@H]1O[C@H](CO)[C@@H](O)[C@H]1O. The third kappa shape index (κ3) is 2.67. The van der Waals surface area contributed by atoms with Gasteiger partial charge in [-0.3, -0.25) is 4.57 Å². The zero-order valence-corrected chi connectivity index (χ0v) is 15.3. The van der Waals surface area contributed by atoms with Crippen LogP contribution in [0.3, 0.4) is 0 Å². The van der Waals surface area contributed by atoms with E-state index >= 15 is 0 Å². The summed E-state index contributed by atoms with van der Waals surface area (Å²) in [6.45, 7) is -0.428. The van der Waals surface area contributed by atoms with E-state index in [4.69, 9.17) is 10.5 Å². The van der Waals surface area contributed by atoms with Crippen molar-refractivity contribution in [1.82, 2.24) is 19.5 Å². The minimum atomic E-state index is -1.28. The van der Waals surface area contributed by atoms with Crippen molar-refractivity contribution in [2.24, 2.45) is 0 Å². The van der Waals surface area contributed by atoms with Gasteiger partial charge in [-0.05, 0) is 10.8 Å². The molecular formula is C20H19N5O4. The molecule has 5 N–H and O–H groups in total. The molecule has 0 amide bonds. The topological polar surface area (TPSA) is 140 Å². The molecule has 4 aromatic rings. The van der Waals surface area contributed by atoms with Gasteiger partial charge in [-0.2, -0.15) is 0 Å². The first kappa shape index (κ1) is 18.0. The minimum absolute atomic E-state index is 0.196. The number of aromatic nitrogens is 4. The summed E-state index contributed by atoms with van der Waals surface area (Å²) in [6, 6.07) is 13.7. The average Bonchev–Trinajstić information content (AvgIpc) is 3.26. The maximum absolute atomic E-state index is 10.6. The number of rotatable bonds is 3. The van der Waals surface area contributed by atoms with E-state index in [0.29, 0.717) is 17.0 Å². The number of anilines is 1. The number of nitrogen functional groups attached to an aromatic ring is 1. The van der Waals surface area contributed by atoms with E-state index in [9.17, 15) is 15.3 Å². The Morgan fingerprint density at radius 3 is 2.62 bits per heavy atom. The van der Waals surface area contributed by atoms with Crippen molar-refractivity contribution >= 4 is 27.8 Å². The molecule has 3 heterocycles. The molecule has 0 radical (unpaired) electrons. The maximum atomic E-state index is 10.6. The van der Waals surface area contributed by atoms with Crippen LogP contribution in [-0.2, 0) is 4.74 Å². The molecule has 0 bridgehead atoms. The highest BCUT2D eigenvalue weighted by Crippen LogP contribution is 2.38. The number of aliphatic hydroxyl groups excluding tert-OH is 3. The summed E-state index contributed by atoms with van der Waals surface area (Å²) in [5, 5.41) is 32.3. The lowest BCUT2D eigenvalue weighted by molar-refractivity contribution is -0.0503. The number of nitrogens with zero attached hydrogens (tertiary/aromatic N) is 4. The van der Waals surface area contributed by atoms with Crippen LogP contribution in [0.2, 0.25) is 0 Å². The second kappa shape index (κ2) is 6.75. The predicted octanol–water partition coefficient (Wildman–Crippen LogP) is 0.840. The molecule has 9 heteroatoms. The van der Waals surface area contributed by atoms with Crippen LogP contribution in [0, 0.1) is 0 Å². The molecule has 29 heavy (non-hydrogen) atoms. The summed E-state index contributed by atoms with van der Waals surface area (Å²) in [5.41, 5.74) is 7.55. The fourth-order valence-corrected chi connectivity index (χ4v) is 3.87. The number of hydrogen-bond donors (Lipinski definition) is 4. The first-order chi connectivity index (χ1) is 14.1. The van der Waals surface area contributed by atoms with Crippen LogP contribution >= 0.6 is 0 Å². The fourth-order valence-electron chi connectivity index (χ4n) is 3.87. The normalized spacial score (nSPS) is 24.5. The summed E-state index contributed by atoms with van der Waals surface area (Å²) in [5.74, 6) is 0.667. The Kier molecular flexibility index (Phi) is 4.18. The molecule has 0 spiro atoms. The van der Waals surface area contributed by atoms with Crippen molar-refractivity contribution in [3.63, 3.8) is 0 Å². The Labute approximate surface area is 165 Å². The van der Waals surface area contributed by atoms with E-state index in [1.165, 1.54) is 6.33 Å². The van der Waals surface area contributed by atoms with Crippen molar-refractivity contribution in [1.29, 1.82) is 0 Å². The average molecular weight is 393 g/mol. The van der Waals surface area contributed by atoms with Crippen LogP contribution in [0.1, 0.15) is 6.23 Å². The van der Waals surface area contributed by atoms with Crippen molar-refractivity contribution in [2.45, 2.75) is 24.5 Å². The molecule has 2 aromatic heterocycles. The summed E-state index contributed by atoms with van der Waals surface area (Å²) in [4.78, 5) is 13.0. The second-order valence-electron chi connectivity index (χ2n) is 6.99. The monoisotopic (exact) mass is 393 g/mol. The highest BCUT2D eigenvalue weighted by molar-refractivity contribution is 5.97. The van der Waals surface area contributed by atoms with Gasteiger partial charge in [0.2, 0.25) is 0 Å². The molecule has 4 atom stereocenters. The Morgan fingerprint density at radius 2 is 1.83 bits per heavy atom. The van der Waals surface area contributed by atoms with E-state index < -0.39 is 31.1 Å². The van der Waals surface area contributed by atoms with Gasteiger partial charge in [0.25, 0.3) is 0 Å². The Bertz CT molecular complexity index is 1200. The zero-order valence-electron chi connectivity index (χ0n) is 15.3. The van der Waals surface area contributed by atoms with Gasteiger partial charge in [-0.1, -0.05) is 42.5 Å². The molecule has 2 aromatic carbocycles. The van der Waals surface area contributed by atoms with Crippen LogP contribution in [0.5, 0.6) is 0 Å². The molecule has 1 saturated heterocycles. The van der Waals surface area contributed by atoms with Crippen LogP contribution in [0.25, 0.3) is 33.3 Å². The number of benzene rings is 2. The van der Waals surface area contributed by atoms with Crippen LogP contribution in [0.4, 0.5) is 5.82 Å². The molecule has 0 unspecified atom stereocenters. The zero-order chi connectivity index (χ0) is 20.1. The smallest absolute Gasteiger partial charge is 0.168 e. The van der Waals surface area contributed by atoms with Crippen LogP contribution < -0.4 is 5.73 Å². The van der Waals surface area contributed by atoms with Crippen molar-refractivity contribution in [3.05, 3.63) is 48.8 Å². The van der Waals surface area contributed by atoms with Gasteiger partial charge in [-0.15, -0.1) is 0 Å². The maximum Gasteiger partial charge on any atom is 0.168 e. The van der Waals surface area contributed by atoms with E-state index in [1.807, 2.05) is 42.5 Å². The minimum Gasteiger partial charge on any atom is -0.394 e. The Balaban J connectivity index is 1.81. The molecule has 1 aliphatic rings. The van der Waals surface area contributed by atoms with Crippen molar-refractivity contribution in [2.75, 3.05) is 12.3 Å². The third-order valence-corrected chi connectivity index (χ3v) is 5.31. The number of nitrogens with two attached hydrogens (primary N) is 1. The molecule has 148 valence electrons. The van der Waals surface area contributed by atoms with Crippen molar-refractivity contribution in [3.8, 4) is 11.4 Å².